The van der Waals surface area contributed by atoms with Crippen molar-refractivity contribution >= 4 is 50.6 Å². The molecule has 4 nitrogen and oxygen atoms in total. The summed E-state index contributed by atoms with van der Waals surface area (Å²) in [5, 5.41) is 10.5. The van der Waals surface area contributed by atoms with E-state index in [-0.39, 0.29) is 32.4 Å². The number of hydrogen-bond acceptors (Lipinski definition) is 3. The molecule has 1 aromatic carbocycles. The number of rotatable bonds is 3. The van der Waals surface area contributed by atoms with Crippen molar-refractivity contribution in [2.24, 2.45) is 0 Å². The molecule has 0 aliphatic heterocycles. The normalized spacial score (nSPS) is 10.1. The number of Topliss-reactive ketones (excluding diaryl/α,β-unsaturated/α-hetero) is 1. The molecule has 1 aromatic rings. The van der Waals surface area contributed by atoms with Crippen molar-refractivity contribution in [3.63, 3.8) is 0 Å². The first-order valence-electron chi connectivity index (χ1n) is 3.70. The number of hydrogen-bond donors (Lipinski definition) is 0. The van der Waals surface area contributed by atoms with Crippen LogP contribution in [-0.2, 0) is 0 Å². The number of nitrogens with zero attached hydrogens (tertiary/aromatic N) is 1. The van der Waals surface area contributed by atoms with Gasteiger partial charge in [0.2, 0.25) is 0 Å². The van der Waals surface area contributed by atoms with Crippen LogP contribution < -0.4 is 0 Å². The fourth-order valence-corrected chi connectivity index (χ4v) is 1.97. The lowest BCUT2D eigenvalue weighted by molar-refractivity contribution is -0.384. The van der Waals surface area contributed by atoms with Crippen LogP contribution in [-0.4, -0.2) is 16.0 Å². The summed E-state index contributed by atoms with van der Waals surface area (Å²) in [5.74, 6) is -0.320. The van der Waals surface area contributed by atoms with E-state index in [1.54, 1.807) is 0 Å². The van der Waals surface area contributed by atoms with Crippen molar-refractivity contribution in [1.29, 1.82) is 0 Å². The second-order valence-corrected chi connectivity index (χ2v) is 3.97. The van der Waals surface area contributed by atoms with Crippen LogP contribution in [0.2, 0.25) is 10.0 Å². The Morgan fingerprint density at radius 1 is 1.40 bits per heavy atom. The predicted molar refractivity (Wildman–Crippen MR) is 61.2 cm³/mol. The largest absolute Gasteiger partial charge is 0.293 e. The minimum Gasteiger partial charge on any atom is -0.293 e. The van der Waals surface area contributed by atoms with Gasteiger partial charge in [0.05, 0.1) is 25.9 Å². The number of benzene rings is 1. The van der Waals surface area contributed by atoms with Crippen molar-refractivity contribution in [3.8, 4) is 0 Å². The summed E-state index contributed by atoms with van der Waals surface area (Å²) in [7, 11) is 0. The third-order valence-electron chi connectivity index (χ3n) is 1.64. The minimum atomic E-state index is -0.625. The van der Waals surface area contributed by atoms with Gasteiger partial charge in [0.1, 0.15) is 0 Å². The van der Waals surface area contributed by atoms with E-state index >= 15 is 0 Å². The molecule has 7 heteroatoms. The maximum Gasteiger partial charge on any atom is 0.272 e. The minimum absolute atomic E-state index is 0.0151. The lowest BCUT2D eigenvalue weighted by Crippen LogP contribution is -2.03. The Hall–Kier alpha value is -0.650. The summed E-state index contributed by atoms with van der Waals surface area (Å²) in [6.07, 6.45) is 0. The number of non-ortho nitro benzene ring substituents is 1. The quantitative estimate of drug-likeness (QED) is 0.371. The zero-order chi connectivity index (χ0) is 11.6. The van der Waals surface area contributed by atoms with Gasteiger partial charge in [-0.3, -0.25) is 14.9 Å². The SMILES string of the molecule is O=C(CBr)c1c(Cl)cc([N+](=O)[O-])cc1Cl. The molecule has 0 saturated heterocycles. The van der Waals surface area contributed by atoms with Gasteiger partial charge < -0.3 is 0 Å². The van der Waals surface area contributed by atoms with Crippen molar-refractivity contribution in [1.82, 2.24) is 0 Å². The van der Waals surface area contributed by atoms with Crippen molar-refractivity contribution in [3.05, 3.63) is 37.9 Å². The molecule has 0 heterocycles. The highest BCUT2D eigenvalue weighted by atomic mass is 79.9. The Kier molecular flexibility index (Phi) is 4.07. The first-order valence-corrected chi connectivity index (χ1v) is 5.57. The second-order valence-electron chi connectivity index (χ2n) is 2.60. The lowest BCUT2D eigenvalue weighted by atomic mass is 10.1. The molecule has 15 heavy (non-hydrogen) atoms. The van der Waals surface area contributed by atoms with Crippen LogP contribution in [0, 0.1) is 10.1 Å². The van der Waals surface area contributed by atoms with Crippen molar-refractivity contribution in [2.45, 2.75) is 0 Å². The summed E-state index contributed by atoms with van der Waals surface area (Å²) in [5.41, 5.74) is -0.142. The third kappa shape index (κ3) is 2.68. The van der Waals surface area contributed by atoms with Crippen LogP contribution in [0.4, 0.5) is 5.69 Å². The maximum absolute atomic E-state index is 11.4. The summed E-state index contributed by atoms with van der Waals surface area (Å²) < 4.78 is 0. The molecule has 0 amide bonds. The standard InChI is InChI=1S/C8H4BrCl2NO3/c9-3-7(13)8-5(10)1-4(12(14)15)2-6(8)11/h1-2H,3H2. The maximum atomic E-state index is 11.4. The van der Waals surface area contributed by atoms with Crippen LogP contribution in [0.15, 0.2) is 12.1 Å². The fraction of sp³-hybridized carbons (Fsp3) is 0.125. The monoisotopic (exact) mass is 311 g/mol. The Morgan fingerprint density at radius 3 is 2.20 bits per heavy atom. The molecule has 0 aliphatic carbocycles. The van der Waals surface area contributed by atoms with Crippen LogP contribution in [0.5, 0.6) is 0 Å². The number of alkyl halides is 1. The third-order valence-corrected chi connectivity index (χ3v) is 2.74. The van der Waals surface area contributed by atoms with E-state index < -0.39 is 4.92 Å². The van der Waals surface area contributed by atoms with Gasteiger partial charge in [-0.1, -0.05) is 39.1 Å². The summed E-state index contributed by atoms with van der Waals surface area (Å²) in [6, 6.07) is 2.20. The number of nitro benzene ring substituents is 1. The van der Waals surface area contributed by atoms with Gasteiger partial charge in [-0.05, 0) is 0 Å². The molecule has 1 rings (SSSR count). The lowest BCUT2D eigenvalue weighted by Gasteiger charge is -2.03. The molecule has 0 bridgehead atoms. The van der Waals surface area contributed by atoms with Gasteiger partial charge in [0.25, 0.3) is 5.69 Å². The van der Waals surface area contributed by atoms with E-state index in [4.69, 9.17) is 23.2 Å². The van der Waals surface area contributed by atoms with Gasteiger partial charge in [0, 0.05) is 12.1 Å². The number of halogens is 3. The molecule has 0 aromatic heterocycles. The molecule has 0 spiro atoms. The molecule has 80 valence electrons. The highest BCUT2D eigenvalue weighted by Crippen LogP contribution is 2.30. The number of ketones is 1. The smallest absolute Gasteiger partial charge is 0.272 e. The fourth-order valence-electron chi connectivity index (χ4n) is 0.998. The average molecular weight is 313 g/mol. The molecule has 0 N–H and O–H groups in total. The van der Waals surface area contributed by atoms with Crippen LogP contribution in [0.1, 0.15) is 10.4 Å². The first-order chi connectivity index (χ1) is 6.97. The Labute approximate surface area is 103 Å². The molecular formula is C8H4BrCl2NO3. The van der Waals surface area contributed by atoms with Gasteiger partial charge in [0.15, 0.2) is 5.78 Å². The van der Waals surface area contributed by atoms with E-state index in [2.05, 4.69) is 15.9 Å². The molecule has 0 atom stereocenters. The summed E-state index contributed by atoms with van der Waals surface area (Å²) in [4.78, 5) is 21.2. The predicted octanol–water partition coefficient (Wildman–Crippen LogP) is 3.48. The van der Waals surface area contributed by atoms with E-state index in [1.165, 1.54) is 0 Å². The van der Waals surface area contributed by atoms with E-state index in [1.807, 2.05) is 0 Å². The number of carbonyl (C=O) groups excluding carboxylic acids is 1. The average Bonchev–Trinajstić information content (AvgIpc) is 2.16. The van der Waals surface area contributed by atoms with Crippen LogP contribution >= 0.6 is 39.1 Å². The van der Waals surface area contributed by atoms with Crippen LogP contribution in [0.25, 0.3) is 0 Å². The second kappa shape index (κ2) is 4.92. The molecule has 0 unspecified atom stereocenters. The summed E-state index contributed by atoms with van der Waals surface area (Å²) >= 11 is 14.4. The van der Waals surface area contributed by atoms with E-state index in [0.29, 0.717) is 0 Å². The number of carbonyl (C=O) groups is 1. The van der Waals surface area contributed by atoms with E-state index in [9.17, 15) is 14.9 Å². The zero-order valence-electron chi connectivity index (χ0n) is 7.17. The number of nitro groups is 1. The molecule has 0 aliphatic rings. The Balaban J connectivity index is 3.33. The first kappa shape index (κ1) is 12.4. The zero-order valence-corrected chi connectivity index (χ0v) is 10.3. The topological polar surface area (TPSA) is 60.2 Å². The van der Waals surface area contributed by atoms with Gasteiger partial charge >= 0.3 is 0 Å². The summed E-state index contributed by atoms with van der Waals surface area (Å²) in [6.45, 7) is 0. The van der Waals surface area contributed by atoms with Gasteiger partial charge in [-0.2, -0.15) is 0 Å². The van der Waals surface area contributed by atoms with Gasteiger partial charge in [-0.15, -0.1) is 0 Å². The molecule has 0 fully saturated rings. The highest BCUT2D eigenvalue weighted by molar-refractivity contribution is 9.09. The Morgan fingerprint density at radius 2 is 1.87 bits per heavy atom. The van der Waals surface area contributed by atoms with Crippen LogP contribution in [0.3, 0.4) is 0 Å². The molecule has 0 saturated carbocycles. The Bertz CT molecular complexity index is 413. The van der Waals surface area contributed by atoms with E-state index in [0.717, 1.165) is 12.1 Å². The highest BCUT2D eigenvalue weighted by Gasteiger charge is 2.18. The van der Waals surface area contributed by atoms with Gasteiger partial charge in [-0.25, -0.2) is 0 Å². The molecule has 0 radical (unpaired) electrons. The molecular weight excluding hydrogens is 309 g/mol. The van der Waals surface area contributed by atoms with Crippen molar-refractivity contribution in [2.75, 3.05) is 5.33 Å². The van der Waals surface area contributed by atoms with Crippen molar-refractivity contribution < 1.29 is 9.72 Å².